The molecule has 1 heterocycles. The SMILES string of the molecule is COc1cc2ccccc2cc1C(=O)Nc1nc2ccc(C)cc2s1. The second-order valence-electron chi connectivity index (χ2n) is 5.84. The number of benzene rings is 3. The van der Waals surface area contributed by atoms with Crippen molar-refractivity contribution in [3.05, 3.63) is 65.7 Å². The Balaban J connectivity index is 1.70. The van der Waals surface area contributed by atoms with Crippen LogP contribution in [0.25, 0.3) is 21.0 Å². The van der Waals surface area contributed by atoms with Gasteiger partial charge in [0.15, 0.2) is 5.13 Å². The maximum absolute atomic E-state index is 12.8. The van der Waals surface area contributed by atoms with E-state index in [9.17, 15) is 4.79 Å². The van der Waals surface area contributed by atoms with Crippen LogP contribution >= 0.6 is 11.3 Å². The van der Waals surface area contributed by atoms with Gasteiger partial charge < -0.3 is 4.74 Å². The maximum atomic E-state index is 12.8. The molecular formula is C20H16N2O2S. The summed E-state index contributed by atoms with van der Waals surface area (Å²) in [5, 5.41) is 5.51. The van der Waals surface area contributed by atoms with Crippen LogP contribution in [0.1, 0.15) is 15.9 Å². The van der Waals surface area contributed by atoms with Crippen molar-refractivity contribution in [2.75, 3.05) is 12.4 Å². The van der Waals surface area contributed by atoms with Crippen molar-refractivity contribution in [1.82, 2.24) is 4.98 Å². The summed E-state index contributed by atoms with van der Waals surface area (Å²) in [5.74, 6) is 0.325. The second kappa shape index (κ2) is 6.18. The summed E-state index contributed by atoms with van der Waals surface area (Å²) < 4.78 is 6.47. The number of aryl methyl sites for hydroxylation is 1. The predicted molar refractivity (Wildman–Crippen MR) is 103 cm³/mol. The van der Waals surface area contributed by atoms with Gasteiger partial charge in [-0.2, -0.15) is 0 Å². The molecule has 1 amide bonds. The van der Waals surface area contributed by atoms with Crippen molar-refractivity contribution < 1.29 is 9.53 Å². The van der Waals surface area contributed by atoms with Gasteiger partial charge in [-0.15, -0.1) is 0 Å². The molecule has 5 heteroatoms. The van der Waals surface area contributed by atoms with Gasteiger partial charge in [0.2, 0.25) is 0 Å². The second-order valence-corrected chi connectivity index (χ2v) is 6.87. The first-order chi connectivity index (χ1) is 12.1. The zero-order valence-electron chi connectivity index (χ0n) is 13.9. The van der Waals surface area contributed by atoms with Crippen molar-refractivity contribution in [1.29, 1.82) is 0 Å². The van der Waals surface area contributed by atoms with E-state index in [4.69, 9.17) is 4.74 Å². The zero-order valence-corrected chi connectivity index (χ0v) is 14.7. The number of fused-ring (bicyclic) bond motifs is 2. The standard InChI is InChI=1S/C20H16N2O2S/c1-12-7-8-16-18(9-12)25-20(21-16)22-19(23)15-10-13-5-3-4-6-14(13)11-17(15)24-2/h3-11H,1-2H3,(H,21,22,23). The van der Waals surface area contributed by atoms with Gasteiger partial charge in [-0.05, 0) is 47.5 Å². The maximum Gasteiger partial charge on any atom is 0.261 e. The monoisotopic (exact) mass is 348 g/mol. The van der Waals surface area contributed by atoms with Crippen molar-refractivity contribution in [2.24, 2.45) is 0 Å². The Morgan fingerprint density at radius 3 is 2.60 bits per heavy atom. The van der Waals surface area contributed by atoms with E-state index in [1.54, 1.807) is 7.11 Å². The molecule has 0 radical (unpaired) electrons. The number of carbonyl (C=O) groups excluding carboxylic acids is 1. The van der Waals surface area contributed by atoms with Crippen LogP contribution in [0.3, 0.4) is 0 Å². The summed E-state index contributed by atoms with van der Waals surface area (Å²) in [4.78, 5) is 17.2. The number of thiazole rings is 1. The molecule has 124 valence electrons. The van der Waals surface area contributed by atoms with Crippen molar-refractivity contribution >= 4 is 43.4 Å². The van der Waals surface area contributed by atoms with Crippen molar-refractivity contribution in [3.8, 4) is 5.75 Å². The minimum atomic E-state index is -0.224. The van der Waals surface area contributed by atoms with Gasteiger partial charge in [0.05, 0.1) is 22.9 Å². The highest BCUT2D eigenvalue weighted by Crippen LogP contribution is 2.29. The molecule has 0 atom stereocenters. The first-order valence-electron chi connectivity index (χ1n) is 7.89. The topological polar surface area (TPSA) is 51.2 Å². The number of rotatable bonds is 3. The summed E-state index contributed by atoms with van der Waals surface area (Å²) in [6, 6.07) is 17.7. The fourth-order valence-electron chi connectivity index (χ4n) is 2.82. The quantitative estimate of drug-likeness (QED) is 0.566. The molecule has 0 bridgehead atoms. The van der Waals surface area contributed by atoms with Crippen LogP contribution in [0.5, 0.6) is 5.75 Å². The average Bonchev–Trinajstić information content (AvgIpc) is 3.01. The van der Waals surface area contributed by atoms with E-state index in [2.05, 4.69) is 16.4 Å². The molecule has 25 heavy (non-hydrogen) atoms. The lowest BCUT2D eigenvalue weighted by atomic mass is 10.1. The number of aromatic nitrogens is 1. The number of amides is 1. The van der Waals surface area contributed by atoms with Gasteiger partial charge in [0.1, 0.15) is 5.75 Å². The molecule has 0 spiro atoms. The summed E-state index contributed by atoms with van der Waals surface area (Å²) in [6.45, 7) is 2.04. The average molecular weight is 348 g/mol. The number of ether oxygens (including phenoxy) is 1. The third-order valence-electron chi connectivity index (χ3n) is 4.08. The van der Waals surface area contributed by atoms with Gasteiger partial charge in [0, 0.05) is 0 Å². The van der Waals surface area contributed by atoms with Crippen LogP contribution in [0.2, 0.25) is 0 Å². The van der Waals surface area contributed by atoms with Gasteiger partial charge in [-0.3, -0.25) is 10.1 Å². The summed E-state index contributed by atoms with van der Waals surface area (Å²) in [6.07, 6.45) is 0. The number of methoxy groups -OCH3 is 1. The molecule has 0 fully saturated rings. The number of nitrogens with zero attached hydrogens (tertiary/aromatic N) is 1. The smallest absolute Gasteiger partial charge is 0.261 e. The molecule has 0 aliphatic heterocycles. The first kappa shape index (κ1) is 15.6. The van der Waals surface area contributed by atoms with E-state index in [0.29, 0.717) is 16.4 Å². The first-order valence-corrected chi connectivity index (χ1v) is 8.71. The highest BCUT2D eigenvalue weighted by Gasteiger charge is 2.15. The van der Waals surface area contributed by atoms with Gasteiger partial charge in [-0.25, -0.2) is 4.98 Å². The molecule has 0 saturated carbocycles. The largest absolute Gasteiger partial charge is 0.496 e. The molecule has 4 nitrogen and oxygen atoms in total. The molecule has 4 rings (SSSR count). The van der Waals surface area contributed by atoms with Crippen LogP contribution in [-0.2, 0) is 0 Å². The molecule has 4 aromatic rings. The van der Waals surface area contributed by atoms with Crippen molar-refractivity contribution in [3.63, 3.8) is 0 Å². The van der Waals surface area contributed by atoms with E-state index in [1.807, 2.05) is 55.5 Å². The van der Waals surface area contributed by atoms with Gasteiger partial charge >= 0.3 is 0 Å². The zero-order chi connectivity index (χ0) is 17.4. The molecule has 0 aliphatic carbocycles. The molecule has 1 aromatic heterocycles. The highest BCUT2D eigenvalue weighted by molar-refractivity contribution is 7.22. The Labute approximate surface area is 149 Å². The Morgan fingerprint density at radius 2 is 1.84 bits per heavy atom. The van der Waals surface area contributed by atoms with E-state index in [-0.39, 0.29) is 5.91 Å². The molecule has 0 aliphatic rings. The molecule has 0 unspecified atom stereocenters. The third-order valence-corrected chi connectivity index (χ3v) is 5.01. The normalized spacial score (nSPS) is 11.0. The van der Waals surface area contributed by atoms with E-state index >= 15 is 0 Å². The number of carbonyl (C=O) groups is 1. The van der Waals surface area contributed by atoms with Crippen LogP contribution in [0.4, 0.5) is 5.13 Å². The Bertz CT molecular complexity index is 1100. The lowest BCUT2D eigenvalue weighted by Gasteiger charge is -2.09. The van der Waals surface area contributed by atoms with Gasteiger partial charge in [0.25, 0.3) is 5.91 Å². The predicted octanol–water partition coefficient (Wildman–Crippen LogP) is 5.02. The van der Waals surface area contributed by atoms with Crippen LogP contribution < -0.4 is 10.1 Å². The molecular weight excluding hydrogens is 332 g/mol. The van der Waals surface area contributed by atoms with Gasteiger partial charge in [-0.1, -0.05) is 41.7 Å². The fourth-order valence-corrected chi connectivity index (χ4v) is 3.77. The summed E-state index contributed by atoms with van der Waals surface area (Å²) >= 11 is 1.47. The third kappa shape index (κ3) is 2.94. The molecule has 0 saturated heterocycles. The Hall–Kier alpha value is -2.92. The lowest BCUT2D eigenvalue weighted by Crippen LogP contribution is -2.13. The van der Waals surface area contributed by atoms with Crippen LogP contribution in [0, 0.1) is 6.92 Å². The number of anilines is 1. The van der Waals surface area contributed by atoms with E-state index < -0.39 is 0 Å². The lowest BCUT2D eigenvalue weighted by molar-refractivity contribution is 0.102. The Kier molecular flexibility index (Phi) is 3.86. The molecule has 3 aromatic carbocycles. The highest BCUT2D eigenvalue weighted by atomic mass is 32.1. The Morgan fingerprint density at radius 1 is 1.08 bits per heavy atom. The minimum Gasteiger partial charge on any atom is -0.496 e. The van der Waals surface area contributed by atoms with Crippen molar-refractivity contribution in [2.45, 2.75) is 6.92 Å². The van der Waals surface area contributed by atoms with Crippen LogP contribution in [-0.4, -0.2) is 18.0 Å². The summed E-state index contributed by atoms with van der Waals surface area (Å²) in [5.41, 5.74) is 2.55. The minimum absolute atomic E-state index is 0.224. The summed E-state index contributed by atoms with van der Waals surface area (Å²) in [7, 11) is 1.57. The number of hydrogen-bond acceptors (Lipinski definition) is 4. The van der Waals surface area contributed by atoms with E-state index in [1.165, 1.54) is 16.9 Å². The number of nitrogens with one attached hydrogen (secondary N) is 1. The number of hydrogen-bond donors (Lipinski definition) is 1. The van der Waals surface area contributed by atoms with E-state index in [0.717, 1.165) is 21.0 Å². The molecule has 1 N–H and O–H groups in total. The fraction of sp³-hybridized carbons (Fsp3) is 0.100. The van der Waals surface area contributed by atoms with Crippen LogP contribution in [0.15, 0.2) is 54.6 Å².